The normalized spacial score (nSPS) is 25.2. The van der Waals surface area contributed by atoms with E-state index in [1.807, 2.05) is 4.90 Å². The molecule has 1 aromatic carbocycles. The molecule has 3 heterocycles. The van der Waals surface area contributed by atoms with Gasteiger partial charge in [0.2, 0.25) is 0 Å². The Balaban J connectivity index is 0.000000383. The summed E-state index contributed by atoms with van der Waals surface area (Å²) >= 11 is 0. The number of likely N-dealkylation sites (tertiary alicyclic amines) is 2. The van der Waals surface area contributed by atoms with Crippen LogP contribution in [0.3, 0.4) is 0 Å². The number of benzene rings is 1. The lowest BCUT2D eigenvalue weighted by Gasteiger charge is -2.44. The summed E-state index contributed by atoms with van der Waals surface area (Å²) in [4.78, 5) is 25.7. The zero-order valence-corrected chi connectivity index (χ0v) is 18.6. The molecule has 0 unspecified atom stereocenters. The number of hydrogen-bond acceptors (Lipinski definition) is 4. The minimum absolute atomic E-state index is 0.117. The van der Waals surface area contributed by atoms with Crippen LogP contribution in [0.15, 0.2) is 30.3 Å². The first-order valence-corrected chi connectivity index (χ1v) is 11.4. The molecule has 3 aliphatic rings. The second kappa shape index (κ2) is 11.2. The third-order valence-corrected chi connectivity index (χ3v) is 6.63. The average Bonchev–Trinajstić information content (AvgIpc) is 3.44. The molecule has 4 rings (SSSR count). The van der Waals surface area contributed by atoms with Crippen LogP contribution in [0.2, 0.25) is 0 Å². The monoisotopic (exact) mass is 471 g/mol. The molecule has 10 heteroatoms. The first-order chi connectivity index (χ1) is 15.7. The Morgan fingerprint density at radius 1 is 1.15 bits per heavy atom. The Bertz CT molecular complexity index is 787. The van der Waals surface area contributed by atoms with E-state index in [4.69, 9.17) is 14.6 Å². The predicted octanol–water partition coefficient (Wildman–Crippen LogP) is 3.50. The number of carbonyl (C=O) groups is 2. The molecule has 3 saturated heterocycles. The zero-order chi connectivity index (χ0) is 23.9. The van der Waals surface area contributed by atoms with Crippen LogP contribution < -0.4 is 5.32 Å². The predicted molar refractivity (Wildman–Crippen MR) is 116 cm³/mol. The summed E-state index contributed by atoms with van der Waals surface area (Å²) in [6, 6.07) is 10.8. The largest absolute Gasteiger partial charge is 0.490 e. The van der Waals surface area contributed by atoms with Gasteiger partial charge in [-0.3, -0.25) is 4.90 Å². The number of halogens is 3. The Labute approximate surface area is 191 Å². The second-order valence-electron chi connectivity index (χ2n) is 8.94. The molecule has 7 nitrogen and oxygen atoms in total. The molecule has 0 aromatic heterocycles. The van der Waals surface area contributed by atoms with Crippen molar-refractivity contribution in [2.24, 2.45) is 5.41 Å². The summed E-state index contributed by atoms with van der Waals surface area (Å²) in [7, 11) is 0. The van der Waals surface area contributed by atoms with Gasteiger partial charge in [0, 0.05) is 51.3 Å². The lowest BCUT2D eigenvalue weighted by molar-refractivity contribution is -0.192. The first-order valence-electron chi connectivity index (χ1n) is 11.4. The van der Waals surface area contributed by atoms with Crippen molar-refractivity contribution >= 4 is 12.0 Å². The Morgan fingerprint density at radius 2 is 1.82 bits per heavy atom. The van der Waals surface area contributed by atoms with Gasteiger partial charge in [-0.25, -0.2) is 9.59 Å². The summed E-state index contributed by atoms with van der Waals surface area (Å²) in [6.07, 6.45) is 0.791. The number of nitrogens with zero attached hydrogens (tertiary/aromatic N) is 2. The number of hydrogen-bond donors (Lipinski definition) is 2. The number of alkyl halides is 3. The lowest BCUT2D eigenvalue weighted by atomic mass is 9.74. The molecule has 3 aliphatic heterocycles. The van der Waals surface area contributed by atoms with E-state index in [1.54, 1.807) is 0 Å². The molecular formula is C23H32F3N3O4. The van der Waals surface area contributed by atoms with Crippen molar-refractivity contribution in [2.75, 3.05) is 39.3 Å². The highest BCUT2D eigenvalue weighted by Crippen LogP contribution is 2.43. The van der Waals surface area contributed by atoms with E-state index < -0.39 is 12.1 Å². The number of ether oxygens (including phenoxy) is 1. The number of rotatable bonds is 5. The van der Waals surface area contributed by atoms with E-state index in [9.17, 15) is 18.0 Å². The molecule has 1 aromatic rings. The van der Waals surface area contributed by atoms with Crippen molar-refractivity contribution in [3.63, 3.8) is 0 Å². The SMILES string of the molecule is O=C(NCC[C@@]12CCO[C@@H]1CCN(Cc1ccccc1)C2)N1CCCC1.O=C(O)C(F)(F)F. The molecule has 2 amide bonds. The van der Waals surface area contributed by atoms with Crippen LogP contribution in [0.1, 0.15) is 37.7 Å². The lowest BCUT2D eigenvalue weighted by Crippen LogP contribution is -2.50. The fourth-order valence-corrected chi connectivity index (χ4v) is 4.93. The van der Waals surface area contributed by atoms with Crippen LogP contribution in [0.25, 0.3) is 0 Å². The quantitative estimate of drug-likeness (QED) is 0.687. The summed E-state index contributed by atoms with van der Waals surface area (Å²) in [5, 5.41) is 10.3. The van der Waals surface area contributed by atoms with Crippen molar-refractivity contribution in [3.8, 4) is 0 Å². The molecule has 3 fully saturated rings. The van der Waals surface area contributed by atoms with Gasteiger partial charge >= 0.3 is 18.2 Å². The maximum atomic E-state index is 12.3. The number of fused-ring (bicyclic) bond motifs is 1. The molecular weight excluding hydrogens is 439 g/mol. The summed E-state index contributed by atoms with van der Waals surface area (Å²) in [6.45, 7) is 6.63. The molecule has 0 bridgehead atoms. The maximum absolute atomic E-state index is 12.3. The van der Waals surface area contributed by atoms with E-state index in [2.05, 4.69) is 40.5 Å². The van der Waals surface area contributed by atoms with Gasteiger partial charge < -0.3 is 20.1 Å². The van der Waals surface area contributed by atoms with Gasteiger partial charge in [0.1, 0.15) is 0 Å². The number of piperidine rings is 1. The minimum Gasteiger partial charge on any atom is -0.475 e. The summed E-state index contributed by atoms with van der Waals surface area (Å²) in [5.41, 5.74) is 1.58. The smallest absolute Gasteiger partial charge is 0.475 e. The van der Waals surface area contributed by atoms with Crippen molar-refractivity contribution in [3.05, 3.63) is 35.9 Å². The van der Waals surface area contributed by atoms with Crippen LogP contribution >= 0.6 is 0 Å². The van der Waals surface area contributed by atoms with Gasteiger partial charge in [0.15, 0.2) is 0 Å². The second-order valence-corrected chi connectivity index (χ2v) is 8.94. The summed E-state index contributed by atoms with van der Waals surface area (Å²) in [5.74, 6) is -2.76. The number of carboxylic acid groups (broad SMARTS) is 1. The number of amides is 2. The van der Waals surface area contributed by atoms with Crippen LogP contribution in [-0.4, -0.2) is 78.5 Å². The van der Waals surface area contributed by atoms with E-state index in [-0.39, 0.29) is 11.4 Å². The number of nitrogens with one attached hydrogen (secondary N) is 1. The van der Waals surface area contributed by atoms with Crippen LogP contribution in [0, 0.1) is 5.41 Å². The maximum Gasteiger partial charge on any atom is 0.490 e. The molecule has 0 saturated carbocycles. The van der Waals surface area contributed by atoms with Crippen molar-refractivity contribution in [1.29, 1.82) is 0 Å². The van der Waals surface area contributed by atoms with Gasteiger partial charge in [0.05, 0.1) is 6.10 Å². The van der Waals surface area contributed by atoms with Gasteiger partial charge in [-0.05, 0) is 37.7 Å². The Kier molecular flexibility index (Phi) is 8.58. The van der Waals surface area contributed by atoms with Gasteiger partial charge in [0.25, 0.3) is 0 Å². The minimum atomic E-state index is -5.08. The number of urea groups is 1. The first kappa shape index (κ1) is 25.3. The molecule has 2 N–H and O–H groups in total. The van der Waals surface area contributed by atoms with Crippen molar-refractivity contribution < 1.29 is 32.6 Å². The third kappa shape index (κ3) is 7.07. The Hall–Kier alpha value is -2.33. The fraction of sp³-hybridized carbons (Fsp3) is 0.652. The van der Waals surface area contributed by atoms with Gasteiger partial charge in [-0.1, -0.05) is 30.3 Å². The third-order valence-electron chi connectivity index (χ3n) is 6.63. The van der Waals surface area contributed by atoms with Crippen molar-refractivity contribution in [1.82, 2.24) is 15.1 Å². The highest BCUT2D eigenvalue weighted by molar-refractivity contribution is 5.74. The molecule has 0 spiro atoms. The Morgan fingerprint density at radius 3 is 2.45 bits per heavy atom. The molecule has 2 atom stereocenters. The van der Waals surface area contributed by atoms with Crippen LogP contribution in [0.4, 0.5) is 18.0 Å². The number of aliphatic carboxylic acids is 1. The molecule has 0 radical (unpaired) electrons. The van der Waals surface area contributed by atoms with Crippen molar-refractivity contribution in [2.45, 2.75) is 50.9 Å². The zero-order valence-electron chi connectivity index (χ0n) is 18.6. The summed E-state index contributed by atoms with van der Waals surface area (Å²) < 4.78 is 37.8. The van der Waals surface area contributed by atoms with Crippen LogP contribution in [-0.2, 0) is 16.1 Å². The highest BCUT2D eigenvalue weighted by atomic mass is 19.4. The highest BCUT2D eigenvalue weighted by Gasteiger charge is 2.47. The topological polar surface area (TPSA) is 82.1 Å². The van der Waals surface area contributed by atoms with Crippen LogP contribution in [0.5, 0.6) is 0 Å². The van der Waals surface area contributed by atoms with Gasteiger partial charge in [-0.15, -0.1) is 0 Å². The molecule has 0 aliphatic carbocycles. The van der Waals surface area contributed by atoms with Gasteiger partial charge in [-0.2, -0.15) is 13.2 Å². The van der Waals surface area contributed by atoms with E-state index in [0.29, 0.717) is 6.10 Å². The number of carboxylic acids is 1. The van der Waals surface area contributed by atoms with E-state index >= 15 is 0 Å². The fourth-order valence-electron chi connectivity index (χ4n) is 4.93. The standard InChI is InChI=1S/C21H31N3O2.C2HF3O2/c25-20(24-12-4-5-13-24)22-11-9-21-10-15-26-19(21)8-14-23(17-21)16-18-6-2-1-3-7-18;3-2(4,5)1(6)7/h1-3,6-7,19H,4-5,8-17H2,(H,22,25);(H,6,7)/t19-,21+;/m1./s1. The van der Waals surface area contributed by atoms with E-state index in [0.717, 1.165) is 78.0 Å². The average molecular weight is 472 g/mol. The molecule has 33 heavy (non-hydrogen) atoms. The number of carbonyl (C=O) groups excluding carboxylic acids is 1. The van der Waals surface area contributed by atoms with E-state index in [1.165, 1.54) is 5.56 Å². The molecule has 184 valence electrons.